The molecular formula is C17H18CuN4O3. The van der Waals surface area contributed by atoms with Gasteiger partial charge in [-0.2, -0.15) is 10.2 Å². The first-order valence-corrected chi connectivity index (χ1v) is 7.17. The molecule has 7 nitrogen and oxygen atoms in total. The zero-order valence-corrected chi connectivity index (χ0v) is 14.6. The second-order valence-electron chi connectivity index (χ2n) is 5.19. The zero-order valence-electron chi connectivity index (χ0n) is 13.6. The minimum absolute atomic E-state index is 0. The topological polar surface area (TPSA) is 106 Å². The molecule has 135 valence electrons. The maximum Gasteiger partial charge on any atom is 0.355 e. The molecule has 0 spiro atoms. The van der Waals surface area contributed by atoms with Gasteiger partial charge in [0, 0.05) is 28.2 Å². The van der Waals surface area contributed by atoms with Crippen LogP contribution in [0.5, 0.6) is 11.5 Å². The van der Waals surface area contributed by atoms with Gasteiger partial charge in [0.2, 0.25) is 0 Å². The van der Waals surface area contributed by atoms with Crippen molar-refractivity contribution in [2.24, 2.45) is 10.2 Å². The summed E-state index contributed by atoms with van der Waals surface area (Å²) in [7, 11) is 0. The van der Waals surface area contributed by atoms with E-state index in [4.69, 9.17) is 0 Å². The van der Waals surface area contributed by atoms with Gasteiger partial charge < -0.3 is 10.2 Å². The van der Waals surface area contributed by atoms with Crippen molar-refractivity contribution in [1.82, 2.24) is 10.9 Å². The summed E-state index contributed by atoms with van der Waals surface area (Å²) in [5.41, 5.74) is 7.23. The van der Waals surface area contributed by atoms with Crippen LogP contribution in [-0.4, -0.2) is 28.7 Å². The third-order valence-corrected chi connectivity index (χ3v) is 3.11. The number of rotatable bonds is 4. The predicted molar refractivity (Wildman–Crippen MR) is 92.5 cm³/mol. The van der Waals surface area contributed by atoms with Crippen molar-refractivity contribution in [3.63, 3.8) is 0 Å². The molecule has 2 aromatic carbocycles. The number of benzene rings is 2. The van der Waals surface area contributed by atoms with E-state index in [1.165, 1.54) is 12.4 Å². The van der Waals surface area contributed by atoms with Crippen LogP contribution in [0.1, 0.15) is 22.3 Å². The van der Waals surface area contributed by atoms with E-state index in [2.05, 4.69) is 21.1 Å². The van der Waals surface area contributed by atoms with E-state index in [-0.39, 0.29) is 28.6 Å². The van der Waals surface area contributed by atoms with Gasteiger partial charge in [-0.25, -0.2) is 15.6 Å². The molecule has 4 N–H and O–H groups in total. The summed E-state index contributed by atoms with van der Waals surface area (Å²) in [5.74, 6) is 0.155. The average molecular weight is 390 g/mol. The molecule has 0 atom stereocenters. The van der Waals surface area contributed by atoms with Crippen molar-refractivity contribution in [2.75, 3.05) is 0 Å². The molecule has 1 radical (unpaired) electrons. The van der Waals surface area contributed by atoms with E-state index in [0.29, 0.717) is 11.1 Å². The number of aryl methyl sites for hydroxylation is 2. The maximum absolute atomic E-state index is 11.5. The Morgan fingerprint density at radius 2 is 1.28 bits per heavy atom. The number of carbonyl (C=O) groups is 1. The Labute approximate surface area is 155 Å². The second kappa shape index (κ2) is 9.46. The molecule has 0 fully saturated rings. The Balaban J connectivity index is 0.00000312. The van der Waals surface area contributed by atoms with Crippen molar-refractivity contribution in [3.05, 3.63) is 58.7 Å². The summed E-state index contributed by atoms with van der Waals surface area (Å²) in [4.78, 5) is 11.5. The van der Waals surface area contributed by atoms with Gasteiger partial charge in [-0.3, -0.25) is 0 Å². The number of urea groups is 1. The number of hydrogen-bond acceptors (Lipinski definition) is 5. The average Bonchev–Trinajstić information content (AvgIpc) is 2.51. The number of nitrogens with zero attached hydrogens (tertiary/aromatic N) is 2. The molecule has 2 amide bonds. The van der Waals surface area contributed by atoms with Crippen LogP contribution in [0.4, 0.5) is 4.79 Å². The molecule has 2 rings (SSSR count). The third-order valence-electron chi connectivity index (χ3n) is 3.11. The van der Waals surface area contributed by atoms with Crippen molar-refractivity contribution >= 4 is 18.5 Å². The molecular weight excluding hydrogens is 372 g/mol. The van der Waals surface area contributed by atoms with Crippen LogP contribution < -0.4 is 10.9 Å². The Morgan fingerprint density at radius 1 is 0.880 bits per heavy atom. The van der Waals surface area contributed by atoms with Crippen LogP contribution >= 0.6 is 0 Å². The van der Waals surface area contributed by atoms with Gasteiger partial charge in [-0.1, -0.05) is 12.1 Å². The van der Waals surface area contributed by atoms with E-state index < -0.39 is 6.03 Å². The molecule has 2 aromatic rings. The van der Waals surface area contributed by atoms with Crippen LogP contribution in [0.15, 0.2) is 46.6 Å². The van der Waals surface area contributed by atoms with Crippen molar-refractivity contribution < 1.29 is 32.1 Å². The molecule has 8 heteroatoms. The van der Waals surface area contributed by atoms with Crippen LogP contribution in [-0.2, 0) is 17.1 Å². The second-order valence-corrected chi connectivity index (χ2v) is 5.19. The van der Waals surface area contributed by atoms with Crippen molar-refractivity contribution in [3.8, 4) is 11.5 Å². The quantitative estimate of drug-likeness (QED) is 0.366. The van der Waals surface area contributed by atoms with Gasteiger partial charge in [0.1, 0.15) is 11.5 Å². The first-order chi connectivity index (χ1) is 11.5. The van der Waals surface area contributed by atoms with Crippen LogP contribution in [0, 0.1) is 13.8 Å². The van der Waals surface area contributed by atoms with Gasteiger partial charge in [0.15, 0.2) is 0 Å². The van der Waals surface area contributed by atoms with Crippen LogP contribution in [0.25, 0.3) is 0 Å². The van der Waals surface area contributed by atoms with Gasteiger partial charge in [-0.05, 0) is 49.2 Å². The number of phenols is 2. The molecule has 0 heterocycles. The molecule has 0 aromatic heterocycles. The first-order valence-electron chi connectivity index (χ1n) is 7.17. The molecule has 25 heavy (non-hydrogen) atoms. The Bertz CT molecular complexity index is 741. The Morgan fingerprint density at radius 3 is 1.64 bits per heavy atom. The van der Waals surface area contributed by atoms with E-state index in [9.17, 15) is 15.0 Å². The van der Waals surface area contributed by atoms with Gasteiger partial charge in [0.25, 0.3) is 0 Å². The Kier molecular flexibility index (Phi) is 7.65. The summed E-state index contributed by atoms with van der Waals surface area (Å²) in [6.45, 7) is 3.71. The minimum Gasteiger partial charge on any atom is -0.507 e. The largest absolute Gasteiger partial charge is 0.507 e. The summed E-state index contributed by atoms with van der Waals surface area (Å²) in [6, 6.07) is 9.55. The summed E-state index contributed by atoms with van der Waals surface area (Å²) in [6.07, 6.45) is 2.65. The van der Waals surface area contributed by atoms with E-state index >= 15 is 0 Å². The third kappa shape index (κ3) is 6.29. The number of phenolic OH excluding ortho intramolecular Hbond substituents is 2. The van der Waals surface area contributed by atoms with Crippen LogP contribution in [0.3, 0.4) is 0 Å². The Hall–Kier alpha value is -2.83. The standard InChI is InChI=1S/C17H18N4O3.Cu/c1-11-3-5-13(15(22)7-11)9-18-20-17(24)21-19-10-14-6-4-12(2)8-16(14)23;/h3-10,22-23H,1-2H3,(H2,20,21,24);/b18-9+,19-10+;. The molecule has 0 aliphatic carbocycles. The zero-order chi connectivity index (χ0) is 17.5. The normalized spacial score (nSPS) is 10.6. The minimum atomic E-state index is -0.652. The van der Waals surface area contributed by atoms with Gasteiger partial charge in [-0.15, -0.1) is 0 Å². The molecule has 0 aliphatic heterocycles. The van der Waals surface area contributed by atoms with E-state index in [1.807, 2.05) is 26.0 Å². The number of nitrogens with one attached hydrogen (secondary N) is 2. The molecule has 0 unspecified atom stereocenters. The maximum atomic E-state index is 11.5. The summed E-state index contributed by atoms with van der Waals surface area (Å²) >= 11 is 0. The number of hydrogen-bond donors (Lipinski definition) is 4. The van der Waals surface area contributed by atoms with E-state index in [1.54, 1.807) is 24.3 Å². The number of aromatic hydroxyl groups is 2. The SMILES string of the molecule is Cc1ccc(/C=N/NC(=O)N/N=C/c2ccc(C)cc2O)c(O)c1.[Cu]. The van der Waals surface area contributed by atoms with Gasteiger partial charge >= 0.3 is 6.03 Å². The first kappa shape index (κ1) is 20.2. The van der Waals surface area contributed by atoms with Gasteiger partial charge in [0.05, 0.1) is 12.4 Å². The number of amides is 2. The molecule has 0 saturated heterocycles. The predicted octanol–water partition coefficient (Wildman–Crippen LogP) is 2.38. The number of carbonyl (C=O) groups excluding carboxylic acids is 1. The fraction of sp³-hybridized carbons (Fsp3) is 0.118. The van der Waals surface area contributed by atoms with E-state index in [0.717, 1.165) is 11.1 Å². The van der Waals surface area contributed by atoms with Crippen LogP contribution in [0.2, 0.25) is 0 Å². The van der Waals surface area contributed by atoms with Crippen molar-refractivity contribution in [1.29, 1.82) is 0 Å². The number of hydrazone groups is 2. The monoisotopic (exact) mass is 389 g/mol. The molecule has 0 aliphatic rings. The van der Waals surface area contributed by atoms with Crippen molar-refractivity contribution in [2.45, 2.75) is 13.8 Å². The smallest absolute Gasteiger partial charge is 0.355 e. The fourth-order valence-electron chi connectivity index (χ4n) is 1.87. The summed E-state index contributed by atoms with van der Waals surface area (Å²) < 4.78 is 0. The summed E-state index contributed by atoms with van der Waals surface area (Å²) in [5, 5.41) is 26.8. The fourth-order valence-corrected chi connectivity index (χ4v) is 1.87. The molecule has 0 bridgehead atoms. The molecule has 0 saturated carbocycles.